The predicted molar refractivity (Wildman–Crippen MR) is 79.9 cm³/mol. The molecule has 0 aliphatic carbocycles. The molecule has 1 spiro atoms. The number of likely N-dealkylation sites (tertiary alicyclic amines) is 1. The number of nitrogens with zero attached hydrogens (tertiary/aromatic N) is 1. The van der Waals surface area contributed by atoms with Crippen LogP contribution in [0.4, 0.5) is 0 Å². The van der Waals surface area contributed by atoms with Crippen LogP contribution < -0.4 is 5.73 Å². The van der Waals surface area contributed by atoms with Crippen molar-refractivity contribution in [2.75, 3.05) is 31.2 Å². The molecule has 19 heavy (non-hydrogen) atoms. The molecule has 3 aliphatic heterocycles. The van der Waals surface area contributed by atoms with E-state index in [2.05, 4.69) is 4.90 Å². The summed E-state index contributed by atoms with van der Waals surface area (Å²) in [5.74, 6) is 3.09. The highest BCUT2D eigenvalue weighted by atomic mass is 32.2. The highest BCUT2D eigenvalue weighted by Crippen LogP contribution is 2.40. The van der Waals surface area contributed by atoms with Crippen molar-refractivity contribution in [1.29, 1.82) is 5.41 Å². The second-order valence-corrected chi connectivity index (χ2v) is 7.38. The van der Waals surface area contributed by atoms with Gasteiger partial charge >= 0.3 is 0 Å². The molecule has 3 saturated heterocycles. The van der Waals surface area contributed by atoms with E-state index in [1.165, 1.54) is 37.3 Å². The Morgan fingerprint density at radius 1 is 1.42 bits per heavy atom. The fourth-order valence-corrected chi connectivity index (χ4v) is 5.15. The van der Waals surface area contributed by atoms with E-state index in [1.807, 2.05) is 11.8 Å². The Labute approximate surface area is 119 Å². The summed E-state index contributed by atoms with van der Waals surface area (Å²) in [6.45, 7) is 3.08. The number of amidine groups is 1. The van der Waals surface area contributed by atoms with Gasteiger partial charge in [-0.2, -0.15) is 11.8 Å². The van der Waals surface area contributed by atoms with Crippen molar-refractivity contribution in [3.8, 4) is 0 Å². The minimum absolute atomic E-state index is 0.163. The molecule has 3 N–H and O–H groups in total. The molecule has 3 unspecified atom stereocenters. The number of nitrogens with two attached hydrogens (primary N) is 1. The van der Waals surface area contributed by atoms with Crippen LogP contribution in [0.15, 0.2) is 0 Å². The molecule has 0 aromatic carbocycles. The molecule has 0 aromatic rings. The third kappa shape index (κ3) is 2.93. The van der Waals surface area contributed by atoms with Crippen LogP contribution in [0.5, 0.6) is 0 Å². The summed E-state index contributed by atoms with van der Waals surface area (Å²) in [5.41, 5.74) is 5.87. The van der Waals surface area contributed by atoms with E-state index in [1.54, 1.807) is 0 Å². The van der Waals surface area contributed by atoms with Gasteiger partial charge in [0.15, 0.2) is 0 Å². The molecule has 0 aromatic heterocycles. The van der Waals surface area contributed by atoms with Crippen molar-refractivity contribution in [2.45, 2.75) is 43.7 Å². The van der Waals surface area contributed by atoms with E-state index in [9.17, 15) is 0 Å². The summed E-state index contributed by atoms with van der Waals surface area (Å²) < 4.78 is 6.11. The van der Waals surface area contributed by atoms with Crippen LogP contribution in [0.3, 0.4) is 0 Å². The zero-order valence-electron chi connectivity index (χ0n) is 11.6. The molecule has 3 aliphatic rings. The van der Waals surface area contributed by atoms with Crippen LogP contribution >= 0.6 is 11.8 Å². The van der Waals surface area contributed by atoms with Gasteiger partial charge in [-0.1, -0.05) is 0 Å². The smallest absolute Gasteiger partial charge is 0.0949 e. The van der Waals surface area contributed by atoms with Crippen LogP contribution in [-0.4, -0.2) is 53.6 Å². The Kier molecular flexibility index (Phi) is 4.06. The first-order valence-corrected chi connectivity index (χ1v) is 8.64. The van der Waals surface area contributed by atoms with Crippen molar-refractivity contribution in [3.63, 3.8) is 0 Å². The van der Waals surface area contributed by atoms with Gasteiger partial charge in [-0.05, 0) is 44.4 Å². The van der Waals surface area contributed by atoms with E-state index in [0.717, 1.165) is 26.0 Å². The molecule has 0 saturated carbocycles. The zero-order valence-corrected chi connectivity index (χ0v) is 12.4. The summed E-state index contributed by atoms with van der Waals surface area (Å²) in [7, 11) is 0. The normalized spacial score (nSPS) is 40.6. The minimum atomic E-state index is 0.163. The van der Waals surface area contributed by atoms with Crippen LogP contribution in [0.25, 0.3) is 0 Å². The molecular weight excluding hydrogens is 258 g/mol. The third-order valence-electron chi connectivity index (χ3n) is 4.94. The Morgan fingerprint density at radius 3 is 3.05 bits per heavy atom. The van der Waals surface area contributed by atoms with Gasteiger partial charge in [0.05, 0.1) is 11.4 Å². The Balaban J connectivity index is 1.63. The predicted octanol–water partition coefficient (Wildman–Crippen LogP) is 1.69. The largest absolute Gasteiger partial charge is 0.387 e. The van der Waals surface area contributed by atoms with Crippen molar-refractivity contribution >= 4 is 17.6 Å². The lowest BCUT2D eigenvalue weighted by atomic mass is 9.87. The lowest BCUT2D eigenvalue weighted by Gasteiger charge is -2.45. The molecular formula is C14H25N3OS. The SMILES string of the molecule is N=C(N)C1CCCN(C2CCOC3(CCSC3)C2)C1. The third-order valence-corrected chi connectivity index (χ3v) is 6.17. The molecule has 0 radical (unpaired) electrons. The standard InChI is InChI=1S/C14H25N3OS/c15-13(16)11-2-1-5-17(9-11)12-3-6-18-14(8-12)4-7-19-10-14/h11-12H,1-10H2,(H3,15,16). The highest BCUT2D eigenvalue weighted by Gasteiger charge is 2.42. The Morgan fingerprint density at radius 2 is 2.32 bits per heavy atom. The molecule has 3 fully saturated rings. The molecule has 3 rings (SSSR count). The van der Waals surface area contributed by atoms with Crippen LogP contribution in [0, 0.1) is 11.3 Å². The molecule has 5 heteroatoms. The molecule has 0 bridgehead atoms. The molecule has 3 heterocycles. The summed E-state index contributed by atoms with van der Waals surface area (Å²) >= 11 is 2.04. The fourth-order valence-electron chi connectivity index (χ4n) is 3.77. The topological polar surface area (TPSA) is 62.3 Å². The van der Waals surface area contributed by atoms with Gasteiger partial charge in [0.1, 0.15) is 0 Å². The summed E-state index contributed by atoms with van der Waals surface area (Å²) in [5, 5.41) is 7.68. The van der Waals surface area contributed by atoms with Crippen molar-refractivity contribution < 1.29 is 4.74 Å². The van der Waals surface area contributed by atoms with Gasteiger partial charge in [0.2, 0.25) is 0 Å². The summed E-state index contributed by atoms with van der Waals surface area (Å²) in [6.07, 6.45) is 5.83. The second-order valence-electron chi connectivity index (χ2n) is 6.27. The number of piperidine rings is 1. The Hall–Kier alpha value is -0.260. The van der Waals surface area contributed by atoms with Crippen LogP contribution in [0.1, 0.15) is 32.1 Å². The zero-order chi connectivity index (χ0) is 13.3. The van der Waals surface area contributed by atoms with Gasteiger partial charge in [-0.3, -0.25) is 10.3 Å². The van der Waals surface area contributed by atoms with E-state index in [0.29, 0.717) is 11.9 Å². The van der Waals surface area contributed by atoms with Gasteiger partial charge in [0, 0.05) is 30.9 Å². The number of hydrogen-bond donors (Lipinski definition) is 2. The minimum Gasteiger partial charge on any atom is -0.387 e. The lowest BCUT2D eigenvalue weighted by Crippen LogP contribution is -2.52. The number of thioether (sulfide) groups is 1. The Bertz CT molecular complexity index is 344. The first-order valence-electron chi connectivity index (χ1n) is 7.48. The second kappa shape index (κ2) is 5.62. The average molecular weight is 283 g/mol. The fraction of sp³-hybridized carbons (Fsp3) is 0.929. The van der Waals surface area contributed by atoms with Crippen LogP contribution in [-0.2, 0) is 4.74 Å². The molecule has 108 valence electrons. The van der Waals surface area contributed by atoms with E-state index in [4.69, 9.17) is 15.9 Å². The van der Waals surface area contributed by atoms with Gasteiger partial charge in [0.25, 0.3) is 0 Å². The van der Waals surface area contributed by atoms with Crippen molar-refractivity contribution in [1.82, 2.24) is 4.90 Å². The average Bonchev–Trinajstić information content (AvgIpc) is 2.87. The van der Waals surface area contributed by atoms with Crippen molar-refractivity contribution in [2.24, 2.45) is 11.7 Å². The van der Waals surface area contributed by atoms with Gasteiger partial charge in [-0.15, -0.1) is 0 Å². The number of rotatable bonds is 2. The maximum atomic E-state index is 7.68. The maximum absolute atomic E-state index is 7.68. The summed E-state index contributed by atoms with van der Waals surface area (Å²) in [6, 6.07) is 0.648. The van der Waals surface area contributed by atoms with Crippen LogP contribution in [0.2, 0.25) is 0 Å². The molecule has 4 nitrogen and oxygen atoms in total. The van der Waals surface area contributed by atoms with Crippen molar-refractivity contribution in [3.05, 3.63) is 0 Å². The summed E-state index contributed by atoms with van der Waals surface area (Å²) in [4.78, 5) is 2.59. The molecule has 3 atom stereocenters. The number of nitrogens with one attached hydrogen (secondary N) is 1. The monoisotopic (exact) mass is 283 g/mol. The van der Waals surface area contributed by atoms with E-state index < -0.39 is 0 Å². The number of ether oxygens (including phenoxy) is 1. The number of hydrogen-bond acceptors (Lipinski definition) is 4. The van der Waals surface area contributed by atoms with E-state index >= 15 is 0 Å². The van der Waals surface area contributed by atoms with E-state index in [-0.39, 0.29) is 11.5 Å². The lowest BCUT2D eigenvalue weighted by molar-refractivity contribution is -0.0926. The first kappa shape index (κ1) is 13.7. The van der Waals surface area contributed by atoms with Gasteiger partial charge in [-0.25, -0.2) is 0 Å². The highest BCUT2D eigenvalue weighted by molar-refractivity contribution is 7.99. The molecule has 0 amide bonds. The van der Waals surface area contributed by atoms with Gasteiger partial charge < -0.3 is 10.5 Å². The maximum Gasteiger partial charge on any atom is 0.0949 e. The first-order chi connectivity index (χ1) is 9.19. The quantitative estimate of drug-likeness (QED) is 0.598.